The molecule has 0 amide bonds. The molecule has 0 saturated heterocycles. The molecule has 0 bridgehead atoms. The Hall–Kier alpha value is -6.84. The number of hydrogen-bond acceptors (Lipinski definition) is 3. The molecule has 0 saturated carbocycles. The zero-order valence-corrected chi connectivity index (χ0v) is 36.3. The van der Waals surface area contributed by atoms with E-state index >= 15 is 0 Å². The fourth-order valence-corrected chi connectivity index (χ4v) is 7.32. The fraction of sp³-hybridized carbons (Fsp3) is 0.158. The molecule has 0 N–H and O–H groups in total. The summed E-state index contributed by atoms with van der Waals surface area (Å²) in [6.07, 6.45) is 0. The lowest BCUT2D eigenvalue weighted by molar-refractivity contribution is 0.341. The van der Waals surface area contributed by atoms with Crippen molar-refractivity contribution in [2.45, 2.75) is 41.5 Å². The lowest BCUT2D eigenvalue weighted by Crippen LogP contribution is -1.92. The molecule has 0 heterocycles. The van der Waals surface area contributed by atoms with Crippen molar-refractivity contribution in [2.24, 2.45) is 0 Å². The molecule has 0 aliphatic rings. The Morgan fingerprint density at radius 2 is 0.867 bits per heavy atom. The molecule has 3 nitrogen and oxygen atoms in total. The van der Waals surface area contributed by atoms with Crippen LogP contribution in [-0.2, 0) is 0 Å². The normalized spacial score (nSPS) is 10.4. The first-order valence-electron chi connectivity index (χ1n) is 20.8. The molecular formula is C57H56O3. The Labute approximate surface area is 356 Å². The quantitative estimate of drug-likeness (QED) is 0.161. The third-order valence-electron chi connectivity index (χ3n) is 10.4. The van der Waals surface area contributed by atoms with Crippen molar-refractivity contribution in [1.29, 1.82) is 0 Å². The molecule has 0 aliphatic carbocycles. The summed E-state index contributed by atoms with van der Waals surface area (Å²) in [5.41, 5.74) is 11.2. The zero-order chi connectivity index (χ0) is 42.4. The van der Waals surface area contributed by atoms with E-state index in [0.717, 1.165) is 17.2 Å². The van der Waals surface area contributed by atoms with E-state index in [1.807, 2.05) is 26.8 Å². The van der Waals surface area contributed by atoms with Gasteiger partial charge in [-0.3, -0.25) is 0 Å². The van der Waals surface area contributed by atoms with Gasteiger partial charge in [0.05, 0.1) is 20.8 Å². The van der Waals surface area contributed by atoms with Gasteiger partial charge in [0.1, 0.15) is 17.2 Å². The summed E-state index contributed by atoms with van der Waals surface area (Å²) in [6.45, 7) is 13.0. The lowest BCUT2D eigenvalue weighted by atomic mass is 9.97. The van der Waals surface area contributed by atoms with Gasteiger partial charge in [-0.05, 0) is 130 Å². The molecule has 0 aliphatic heterocycles. The summed E-state index contributed by atoms with van der Waals surface area (Å²) in [5, 5.41) is 7.41. The molecule has 0 radical (unpaired) electrons. The number of fused-ring (bicyclic) bond motifs is 3. The highest BCUT2D eigenvalue weighted by molar-refractivity contribution is 5.99. The van der Waals surface area contributed by atoms with E-state index in [-0.39, 0.29) is 0 Å². The predicted octanol–water partition coefficient (Wildman–Crippen LogP) is 15.9. The van der Waals surface area contributed by atoms with Crippen molar-refractivity contribution in [3.63, 3.8) is 0 Å². The van der Waals surface area contributed by atoms with Crippen LogP contribution in [0.3, 0.4) is 0 Å². The molecule has 3 heteroatoms. The van der Waals surface area contributed by atoms with Gasteiger partial charge >= 0.3 is 0 Å². The minimum atomic E-state index is 0.686. The van der Waals surface area contributed by atoms with E-state index in [9.17, 15) is 0 Å². The van der Waals surface area contributed by atoms with Crippen LogP contribution < -0.4 is 14.2 Å². The van der Waals surface area contributed by atoms with Crippen LogP contribution in [0.25, 0.3) is 65.7 Å². The smallest absolute Gasteiger partial charge is 0.120 e. The summed E-state index contributed by atoms with van der Waals surface area (Å²) in [5.74, 6) is 2.73. The van der Waals surface area contributed by atoms with Crippen LogP contribution in [0.15, 0.2) is 182 Å². The first-order chi connectivity index (χ1) is 29.3. The Kier molecular flexibility index (Phi) is 14.8. The topological polar surface area (TPSA) is 27.7 Å². The Morgan fingerprint density at radius 3 is 1.45 bits per heavy atom. The number of methoxy groups -OCH3 is 2. The summed E-state index contributed by atoms with van der Waals surface area (Å²) < 4.78 is 16.4. The van der Waals surface area contributed by atoms with Crippen molar-refractivity contribution >= 4 is 32.3 Å². The van der Waals surface area contributed by atoms with Gasteiger partial charge in [-0.15, -0.1) is 0 Å². The largest absolute Gasteiger partial charge is 0.497 e. The summed E-state index contributed by atoms with van der Waals surface area (Å²) in [6, 6.07) is 63.7. The lowest BCUT2D eigenvalue weighted by Gasteiger charge is -2.11. The molecule has 0 fully saturated rings. The first-order valence-corrected chi connectivity index (χ1v) is 20.8. The van der Waals surface area contributed by atoms with Gasteiger partial charge in [0.25, 0.3) is 0 Å². The molecule has 9 rings (SSSR count). The fourth-order valence-electron chi connectivity index (χ4n) is 7.32. The van der Waals surface area contributed by atoms with E-state index in [2.05, 4.69) is 197 Å². The van der Waals surface area contributed by atoms with E-state index in [0.29, 0.717) is 6.61 Å². The third-order valence-corrected chi connectivity index (χ3v) is 10.4. The Morgan fingerprint density at radius 1 is 0.350 bits per heavy atom. The molecule has 9 aromatic rings. The minimum absolute atomic E-state index is 0.686. The number of aryl methyl sites for hydroxylation is 3. The number of rotatable bonds is 7. The van der Waals surface area contributed by atoms with Crippen molar-refractivity contribution < 1.29 is 14.2 Å². The van der Waals surface area contributed by atoms with E-state index < -0.39 is 0 Å². The Balaban J connectivity index is 0.000000148. The molecule has 0 atom stereocenters. The summed E-state index contributed by atoms with van der Waals surface area (Å²) >= 11 is 0. The zero-order valence-electron chi connectivity index (χ0n) is 36.3. The molecule has 302 valence electrons. The van der Waals surface area contributed by atoms with Gasteiger partial charge in [0.15, 0.2) is 0 Å². The average molecular weight is 789 g/mol. The van der Waals surface area contributed by atoms with Crippen LogP contribution in [0, 0.1) is 20.8 Å². The van der Waals surface area contributed by atoms with Crippen molar-refractivity contribution in [2.75, 3.05) is 20.8 Å². The number of ether oxygens (including phenoxy) is 3. The molecule has 0 aromatic heterocycles. The van der Waals surface area contributed by atoms with Crippen LogP contribution >= 0.6 is 0 Å². The van der Waals surface area contributed by atoms with Crippen LogP contribution in [0.5, 0.6) is 17.2 Å². The molecule has 60 heavy (non-hydrogen) atoms. The maximum Gasteiger partial charge on any atom is 0.120 e. The molecule has 9 aromatic carbocycles. The second-order valence-corrected chi connectivity index (χ2v) is 14.5. The second kappa shape index (κ2) is 20.7. The minimum Gasteiger partial charge on any atom is -0.497 e. The van der Waals surface area contributed by atoms with Crippen molar-refractivity contribution in [1.82, 2.24) is 0 Å². The van der Waals surface area contributed by atoms with Crippen LogP contribution in [0.1, 0.15) is 37.5 Å². The number of hydrogen-bond donors (Lipinski definition) is 0. The third kappa shape index (κ3) is 10.4. The molecular weight excluding hydrogens is 733 g/mol. The van der Waals surface area contributed by atoms with Crippen molar-refractivity contribution in [3.8, 4) is 50.6 Å². The number of benzene rings is 9. The molecule has 0 unspecified atom stereocenters. The standard InChI is InChI=1S/C19H18O.2C18H16O.C2H6/c1-3-20-17-12-16-8-4-5-10-18(16)19(13-17)15-9-6-7-14(2)11-15;1-13-6-8-15(9-7-13)17-5-3-4-14-10-11-16(19-2)12-18(14)17;1-13-7-9-14(10-8-13)18-12-16(19-2)11-15-5-3-4-6-17(15)18;1-2/h4-13H,3H2,1-2H3;2*3-12H,1-2H3;1-2H3. The van der Waals surface area contributed by atoms with Gasteiger partial charge in [-0.2, -0.15) is 0 Å². The highest BCUT2D eigenvalue weighted by Gasteiger charge is 2.09. The Bertz CT molecular complexity index is 2780. The van der Waals surface area contributed by atoms with E-state index in [1.54, 1.807) is 14.2 Å². The maximum atomic E-state index is 5.71. The highest BCUT2D eigenvalue weighted by Crippen LogP contribution is 2.35. The average Bonchev–Trinajstić information content (AvgIpc) is 3.30. The van der Waals surface area contributed by atoms with E-state index in [4.69, 9.17) is 14.2 Å². The maximum absolute atomic E-state index is 5.71. The van der Waals surface area contributed by atoms with Crippen LogP contribution in [-0.4, -0.2) is 20.8 Å². The van der Waals surface area contributed by atoms with Gasteiger partial charge in [-0.25, -0.2) is 0 Å². The van der Waals surface area contributed by atoms with Crippen LogP contribution in [0.2, 0.25) is 0 Å². The van der Waals surface area contributed by atoms with Gasteiger partial charge in [0.2, 0.25) is 0 Å². The summed E-state index contributed by atoms with van der Waals surface area (Å²) in [7, 11) is 3.42. The SMILES string of the molecule is CC.CCOc1cc(-c2cccc(C)c2)c2ccccc2c1.COc1cc(-c2ccc(C)cc2)c2ccccc2c1.COc1ccc2cccc(-c3ccc(C)cc3)c2c1. The van der Waals surface area contributed by atoms with Gasteiger partial charge in [0, 0.05) is 0 Å². The van der Waals surface area contributed by atoms with Gasteiger partial charge < -0.3 is 14.2 Å². The molecule has 0 spiro atoms. The van der Waals surface area contributed by atoms with Crippen LogP contribution in [0.4, 0.5) is 0 Å². The van der Waals surface area contributed by atoms with Crippen molar-refractivity contribution in [3.05, 3.63) is 199 Å². The summed E-state index contributed by atoms with van der Waals surface area (Å²) in [4.78, 5) is 0. The van der Waals surface area contributed by atoms with E-state index in [1.165, 1.54) is 82.4 Å². The highest BCUT2D eigenvalue weighted by atomic mass is 16.5. The van der Waals surface area contributed by atoms with Gasteiger partial charge in [-0.1, -0.05) is 176 Å². The monoisotopic (exact) mass is 788 g/mol. The predicted molar refractivity (Wildman–Crippen MR) is 258 cm³/mol. The first kappa shape index (κ1) is 42.8. The second-order valence-electron chi connectivity index (χ2n) is 14.5.